The van der Waals surface area contributed by atoms with E-state index in [1.165, 1.54) is 74.5 Å². The zero-order valence-corrected chi connectivity index (χ0v) is 23.7. The molecule has 0 nitrogen and oxygen atoms in total. The van der Waals surface area contributed by atoms with E-state index in [2.05, 4.69) is 65.0 Å². The van der Waals surface area contributed by atoms with E-state index in [9.17, 15) is 0 Å². The smallest absolute Gasteiger partial charge is 0.0440 e. The molecule has 2 unspecified atom stereocenters. The Morgan fingerprint density at radius 1 is 0.788 bits per heavy atom. The van der Waals surface area contributed by atoms with Crippen molar-refractivity contribution < 1.29 is 0 Å². The summed E-state index contributed by atoms with van der Waals surface area (Å²) in [4.78, 5) is 0. The lowest BCUT2D eigenvalue weighted by Crippen LogP contribution is -2.09. The van der Waals surface area contributed by atoms with Gasteiger partial charge in [0.1, 0.15) is 0 Å². The Hall–Kier alpha value is -1.27. The van der Waals surface area contributed by atoms with Gasteiger partial charge < -0.3 is 0 Å². The lowest BCUT2D eigenvalue weighted by molar-refractivity contribution is 0.308. The molecule has 1 fully saturated rings. The van der Waals surface area contributed by atoms with Crippen molar-refractivity contribution in [3.05, 3.63) is 70.2 Å². The number of rotatable bonds is 6. The summed E-state index contributed by atoms with van der Waals surface area (Å²) in [7, 11) is 0. The van der Waals surface area contributed by atoms with Gasteiger partial charge in [-0.25, -0.2) is 0 Å². The first-order valence-corrected chi connectivity index (χ1v) is 14.2. The van der Waals surface area contributed by atoms with Gasteiger partial charge in [-0.15, -0.1) is 0 Å². The van der Waals surface area contributed by atoms with E-state index in [1.54, 1.807) is 0 Å². The number of benzene rings is 2. The van der Waals surface area contributed by atoms with Crippen LogP contribution in [-0.2, 0) is 12.8 Å². The van der Waals surface area contributed by atoms with E-state index < -0.39 is 0 Å². The molecule has 3 rings (SSSR count). The van der Waals surface area contributed by atoms with Crippen molar-refractivity contribution >= 4 is 11.6 Å². The van der Waals surface area contributed by atoms with Crippen molar-refractivity contribution in [3.63, 3.8) is 0 Å². The normalized spacial score (nSPS) is 17.2. The van der Waals surface area contributed by atoms with Crippen LogP contribution >= 0.6 is 11.6 Å². The SMILES string of the molecule is CC.CCCCCC1CCCCCC1C.CCc1c(C)cccc1Cl.CCc1ccccc1. The predicted molar refractivity (Wildman–Crippen MR) is 153 cm³/mol. The quantitative estimate of drug-likeness (QED) is 0.289. The standard InChI is InChI=1S/C13H26.C9H11Cl.C8H10.C2H6/c1-3-4-6-10-13-11-8-5-7-9-12(13)2;1-3-8-7(2)5-4-6-9(8)10;1-2-8-6-4-3-5-7-8;1-2/h12-13H,3-11H2,1-2H3;4-6H,3H2,1-2H3;3-7H,2H2,1H3;1-2H3. The van der Waals surface area contributed by atoms with Gasteiger partial charge in [-0.2, -0.15) is 0 Å². The third kappa shape index (κ3) is 14.6. The van der Waals surface area contributed by atoms with Crippen LogP contribution in [0.25, 0.3) is 0 Å². The summed E-state index contributed by atoms with van der Waals surface area (Å²) in [5.74, 6) is 2.08. The fourth-order valence-corrected chi connectivity index (χ4v) is 4.84. The van der Waals surface area contributed by atoms with Gasteiger partial charge in [0.15, 0.2) is 0 Å². The van der Waals surface area contributed by atoms with Crippen molar-refractivity contribution in [2.75, 3.05) is 0 Å². The van der Waals surface area contributed by atoms with Gasteiger partial charge in [-0.05, 0) is 54.4 Å². The molecule has 0 saturated heterocycles. The number of halogens is 1. The Balaban J connectivity index is 0.000000460. The average Bonchev–Trinajstić information content (AvgIpc) is 3.06. The van der Waals surface area contributed by atoms with Gasteiger partial charge in [0.05, 0.1) is 0 Å². The highest BCUT2D eigenvalue weighted by atomic mass is 35.5. The first-order chi connectivity index (χ1) is 16.0. The van der Waals surface area contributed by atoms with Crippen LogP contribution < -0.4 is 0 Å². The van der Waals surface area contributed by atoms with Crippen molar-refractivity contribution in [3.8, 4) is 0 Å². The molecule has 0 N–H and O–H groups in total. The Labute approximate surface area is 212 Å². The molecular weight excluding hydrogens is 420 g/mol. The predicted octanol–water partition coefficient (Wildman–Crippen LogP) is 11.3. The second-order valence-corrected chi connectivity index (χ2v) is 9.51. The maximum Gasteiger partial charge on any atom is 0.0440 e. The van der Waals surface area contributed by atoms with Gasteiger partial charge in [0.2, 0.25) is 0 Å². The minimum absolute atomic E-state index is 0.891. The second kappa shape index (κ2) is 21.3. The average molecular weight is 473 g/mol. The number of unbranched alkanes of at least 4 members (excludes halogenated alkanes) is 2. The maximum atomic E-state index is 5.93. The number of hydrogen-bond donors (Lipinski definition) is 0. The minimum Gasteiger partial charge on any atom is -0.0840 e. The summed E-state index contributed by atoms with van der Waals surface area (Å²) < 4.78 is 0. The molecule has 1 heteroatoms. The molecular formula is C32H53Cl. The summed E-state index contributed by atoms with van der Waals surface area (Å²) in [5, 5.41) is 0.891. The Morgan fingerprint density at radius 3 is 1.97 bits per heavy atom. The highest BCUT2D eigenvalue weighted by Crippen LogP contribution is 2.31. The van der Waals surface area contributed by atoms with E-state index in [0.29, 0.717) is 0 Å². The molecule has 0 spiro atoms. The van der Waals surface area contributed by atoms with Gasteiger partial charge in [0.25, 0.3) is 0 Å². The molecule has 188 valence electrons. The van der Waals surface area contributed by atoms with Crippen LogP contribution in [0.1, 0.15) is 116 Å². The molecule has 0 amide bonds. The molecule has 1 saturated carbocycles. The summed E-state index contributed by atoms with van der Waals surface area (Å²) >= 11 is 5.93. The van der Waals surface area contributed by atoms with E-state index in [1.807, 2.05) is 32.0 Å². The first-order valence-electron chi connectivity index (χ1n) is 13.8. The van der Waals surface area contributed by atoms with Gasteiger partial charge in [-0.1, -0.05) is 153 Å². The third-order valence-corrected chi connectivity index (χ3v) is 7.03. The molecule has 2 aromatic carbocycles. The highest BCUT2D eigenvalue weighted by molar-refractivity contribution is 6.31. The molecule has 2 aromatic rings. The zero-order chi connectivity index (χ0) is 24.9. The number of aryl methyl sites for hydroxylation is 2. The molecule has 1 aliphatic carbocycles. The van der Waals surface area contributed by atoms with E-state index >= 15 is 0 Å². The first kappa shape index (κ1) is 31.7. The van der Waals surface area contributed by atoms with Crippen LogP contribution in [-0.4, -0.2) is 0 Å². The van der Waals surface area contributed by atoms with Crippen LogP contribution in [0.2, 0.25) is 5.02 Å². The molecule has 0 bridgehead atoms. The Bertz CT molecular complexity index is 656. The van der Waals surface area contributed by atoms with E-state index in [0.717, 1.165) is 29.7 Å². The van der Waals surface area contributed by atoms with E-state index in [4.69, 9.17) is 11.6 Å². The van der Waals surface area contributed by atoms with Crippen LogP contribution in [0.4, 0.5) is 0 Å². The topological polar surface area (TPSA) is 0 Å². The van der Waals surface area contributed by atoms with Crippen molar-refractivity contribution in [2.45, 2.75) is 119 Å². The van der Waals surface area contributed by atoms with E-state index in [-0.39, 0.29) is 0 Å². The molecule has 33 heavy (non-hydrogen) atoms. The third-order valence-electron chi connectivity index (χ3n) is 6.68. The molecule has 0 aliphatic heterocycles. The monoisotopic (exact) mass is 472 g/mol. The lowest BCUT2D eigenvalue weighted by atomic mass is 9.85. The summed E-state index contributed by atoms with van der Waals surface area (Å²) in [6, 6.07) is 16.5. The second-order valence-electron chi connectivity index (χ2n) is 9.10. The lowest BCUT2D eigenvalue weighted by Gasteiger charge is -2.20. The molecule has 1 aliphatic rings. The van der Waals surface area contributed by atoms with Crippen molar-refractivity contribution in [2.24, 2.45) is 11.8 Å². The van der Waals surface area contributed by atoms with Crippen molar-refractivity contribution in [1.82, 2.24) is 0 Å². The van der Waals surface area contributed by atoms with Crippen LogP contribution in [0.15, 0.2) is 48.5 Å². The van der Waals surface area contributed by atoms with Crippen LogP contribution in [0, 0.1) is 18.8 Å². The van der Waals surface area contributed by atoms with Gasteiger partial charge >= 0.3 is 0 Å². The molecule has 0 heterocycles. The van der Waals surface area contributed by atoms with Crippen LogP contribution in [0.3, 0.4) is 0 Å². The summed E-state index contributed by atoms with van der Waals surface area (Å²) in [5.41, 5.74) is 3.96. The molecule has 0 radical (unpaired) electrons. The van der Waals surface area contributed by atoms with Gasteiger partial charge in [-0.3, -0.25) is 0 Å². The molecule has 0 aromatic heterocycles. The van der Waals surface area contributed by atoms with Crippen LogP contribution in [0.5, 0.6) is 0 Å². The maximum absolute atomic E-state index is 5.93. The largest absolute Gasteiger partial charge is 0.0840 e. The minimum atomic E-state index is 0.891. The Kier molecular flexibility index (Phi) is 20.5. The fourth-order valence-electron chi connectivity index (χ4n) is 4.48. The van der Waals surface area contributed by atoms with Gasteiger partial charge in [0, 0.05) is 5.02 Å². The molecule has 2 atom stereocenters. The highest BCUT2D eigenvalue weighted by Gasteiger charge is 2.18. The summed E-state index contributed by atoms with van der Waals surface area (Å²) in [6.45, 7) is 15.1. The number of hydrogen-bond acceptors (Lipinski definition) is 0. The van der Waals surface area contributed by atoms with Crippen molar-refractivity contribution in [1.29, 1.82) is 0 Å². The zero-order valence-electron chi connectivity index (χ0n) is 22.9. The Morgan fingerprint density at radius 2 is 1.45 bits per heavy atom. The summed E-state index contributed by atoms with van der Waals surface area (Å²) in [6.07, 6.45) is 15.5. The fraction of sp³-hybridized carbons (Fsp3) is 0.625.